The monoisotopic (exact) mass is 472 g/mol. The van der Waals surface area contributed by atoms with Gasteiger partial charge in [-0.3, -0.25) is 23.2 Å². The van der Waals surface area contributed by atoms with Gasteiger partial charge in [-0.2, -0.15) is 4.98 Å². The van der Waals surface area contributed by atoms with Gasteiger partial charge >= 0.3 is 5.69 Å². The predicted octanol–water partition coefficient (Wildman–Crippen LogP) is 1.99. The molecule has 1 saturated heterocycles. The third-order valence-electron chi connectivity index (χ3n) is 7.09. The largest absolute Gasteiger partial charge is 0.379 e. The second-order valence-corrected chi connectivity index (χ2v) is 9.20. The molecule has 2 aromatic carbocycles. The third kappa shape index (κ3) is 3.59. The van der Waals surface area contributed by atoms with Crippen LogP contribution in [-0.2, 0) is 24.9 Å². The van der Waals surface area contributed by atoms with Gasteiger partial charge in [0.2, 0.25) is 5.78 Å². The van der Waals surface area contributed by atoms with E-state index in [1.165, 1.54) is 9.13 Å². The van der Waals surface area contributed by atoms with Crippen LogP contribution in [-0.4, -0.2) is 60.8 Å². The Hall–Kier alpha value is -3.69. The molecule has 1 aliphatic rings. The maximum atomic E-state index is 13.7. The zero-order valence-corrected chi connectivity index (χ0v) is 20.0. The van der Waals surface area contributed by atoms with E-state index in [0.717, 1.165) is 61.4 Å². The minimum Gasteiger partial charge on any atom is -0.379 e. The fourth-order valence-corrected chi connectivity index (χ4v) is 5.14. The minimum absolute atomic E-state index is 0.201. The van der Waals surface area contributed by atoms with Crippen LogP contribution in [0.25, 0.3) is 27.7 Å². The Morgan fingerprint density at radius 1 is 0.971 bits per heavy atom. The Labute approximate surface area is 201 Å². The van der Waals surface area contributed by atoms with Crippen LogP contribution < -0.4 is 11.2 Å². The van der Waals surface area contributed by atoms with Gasteiger partial charge in [0.15, 0.2) is 11.2 Å². The normalized spacial score (nSPS) is 15.0. The van der Waals surface area contributed by atoms with Gasteiger partial charge < -0.3 is 9.30 Å². The van der Waals surface area contributed by atoms with Gasteiger partial charge in [-0.15, -0.1) is 0 Å². The van der Waals surface area contributed by atoms with E-state index in [1.54, 1.807) is 7.05 Å². The minimum atomic E-state index is -0.368. The van der Waals surface area contributed by atoms with Crippen LogP contribution in [0.5, 0.6) is 0 Å². The van der Waals surface area contributed by atoms with Gasteiger partial charge in [-0.25, -0.2) is 4.79 Å². The van der Waals surface area contributed by atoms with Crippen molar-refractivity contribution in [3.63, 3.8) is 0 Å². The summed E-state index contributed by atoms with van der Waals surface area (Å²) in [7, 11) is 1.68. The second kappa shape index (κ2) is 8.51. The summed E-state index contributed by atoms with van der Waals surface area (Å²) in [5.74, 6) is 0.681. The van der Waals surface area contributed by atoms with E-state index in [4.69, 9.17) is 9.72 Å². The maximum absolute atomic E-state index is 13.7. The van der Waals surface area contributed by atoms with Crippen LogP contribution in [0.2, 0.25) is 0 Å². The quantitative estimate of drug-likeness (QED) is 0.391. The van der Waals surface area contributed by atoms with Crippen LogP contribution in [0.4, 0.5) is 0 Å². The third-order valence-corrected chi connectivity index (χ3v) is 7.09. The van der Waals surface area contributed by atoms with Gasteiger partial charge in [0, 0.05) is 45.1 Å². The smallest absolute Gasteiger partial charge is 0.332 e. The molecule has 1 fully saturated rings. The molecular formula is C26H28N6O3. The summed E-state index contributed by atoms with van der Waals surface area (Å²) in [5, 5.41) is 2.11. The van der Waals surface area contributed by atoms with Crippen molar-refractivity contribution in [3.8, 4) is 0 Å². The molecule has 5 aromatic rings. The van der Waals surface area contributed by atoms with E-state index >= 15 is 0 Å². The van der Waals surface area contributed by atoms with Gasteiger partial charge in [-0.05, 0) is 23.3 Å². The topological polar surface area (TPSA) is 78.7 Å². The van der Waals surface area contributed by atoms with Crippen molar-refractivity contribution in [2.24, 2.45) is 7.05 Å². The van der Waals surface area contributed by atoms with Gasteiger partial charge in [-0.1, -0.05) is 42.5 Å². The number of aromatic nitrogens is 5. The summed E-state index contributed by atoms with van der Waals surface area (Å²) in [6, 6.07) is 14.0. The van der Waals surface area contributed by atoms with E-state index in [1.807, 2.05) is 60.0 Å². The number of hydrogen-bond acceptors (Lipinski definition) is 5. The average Bonchev–Trinajstić information content (AvgIpc) is 3.39. The number of imidazole rings is 2. The van der Waals surface area contributed by atoms with E-state index in [2.05, 4.69) is 9.47 Å². The standard InChI is InChI=1S/C26H28N6O3/c1-18-16-31-22-23(27-25(31)30(18)11-10-29-12-14-35-15-13-29)28(2)26(34)32(24(22)33)17-20-8-5-7-19-6-3-4-9-21(19)20/h3-9,16H,10-15,17H2,1-2H3. The lowest BCUT2D eigenvalue weighted by atomic mass is 10.0. The summed E-state index contributed by atoms with van der Waals surface area (Å²) in [6.07, 6.45) is 1.94. The molecule has 9 heteroatoms. The van der Waals surface area contributed by atoms with Gasteiger partial charge in [0.25, 0.3) is 5.56 Å². The highest BCUT2D eigenvalue weighted by Crippen LogP contribution is 2.20. The summed E-state index contributed by atoms with van der Waals surface area (Å²) in [5.41, 5.74) is 2.10. The Morgan fingerprint density at radius 3 is 2.57 bits per heavy atom. The molecule has 0 unspecified atom stereocenters. The Kier molecular flexibility index (Phi) is 5.31. The summed E-state index contributed by atoms with van der Waals surface area (Å²) >= 11 is 0. The number of fused-ring (bicyclic) bond motifs is 4. The first-order valence-electron chi connectivity index (χ1n) is 12.0. The summed E-state index contributed by atoms with van der Waals surface area (Å²) < 4.78 is 12.2. The molecule has 0 saturated carbocycles. The Morgan fingerprint density at radius 2 is 1.74 bits per heavy atom. The highest BCUT2D eigenvalue weighted by atomic mass is 16.5. The predicted molar refractivity (Wildman–Crippen MR) is 135 cm³/mol. The van der Waals surface area contributed by atoms with E-state index < -0.39 is 0 Å². The van der Waals surface area contributed by atoms with E-state index in [9.17, 15) is 9.59 Å². The molecular weight excluding hydrogens is 444 g/mol. The molecule has 0 atom stereocenters. The average molecular weight is 473 g/mol. The van der Waals surface area contributed by atoms with Crippen molar-refractivity contribution in [3.05, 3.63) is 80.8 Å². The molecule has 0 spiro atoms. The summed E-state index contributed by atoms with van der Waals surface area (Å²) in [6.45, 7) is 7.20. The number of rotatable bonds is 5. The summed E-state index contributed by atoms with van der Waals surface area (Å²) in [4.78, 5) is 34.1. The lowest BCUT2D eigenvalue weighted by Crippen LogP contribution is -2.39. The van der Waals surface area contributed by atoms with Crippen LogP contribution in [0.15, 0.2) is 58.3 Å². The van der Waals surface area contributed by atoms with Crippen molar-refractivity contribution < 1.29 is 4.74 Å². The molecule has 0 amide bonds. The lowest BCUT2D eigenvalue weighted by molar-refractivity contribution is 0.0364. The van der Waals surface area contributed by atoms with E-state index in [-0.39, 0.29) is 17.8 Å². The van der Waals surface area contributed by atoms with Crippen LogP contribution in [0.1, 0.15) is 11.3 Å². The number of ether oxygens (including phenoxy) is 1. The van der Waals surface area contributed by atoms with Gasteiger partial charge in [0.05, 0.1) is 19.8 Å². The van der Waals surface area contributed by atoms with Crippen LogP contribution in [0.3, 0.4) is 0 Å². The first-order valence-corrected chi connectivity index (χ1v) is 12.0. The highest BCUT2D eigenvalue weighted by molar-refractivity contribution is 5.85. The number of morpholine rings is 1. The Balaban J connectivity index is 1.46. The van der Waals surface area contributed by atoms with Crippen molar-refractivity contribution in [1.29, 1.82) is 0 Å². The molecule has 180 valence electrons. The highest BCUT2D eigenvalue weighted by Gasteiger charge is 2.21. The number of nitrogens with zero attached hydrogens (tertiary/aromatic N) is 6. The molecule has 4 heterocycles. The molecule has 3 aromatic heterocycles. The zero-order chi connectivity index (χ0) is 24.1. The SMILES string of the molecule is Cc1cn2c3c(=O)n(Cc4cccc5ccccc45)c(=O)n(C)c3nc2n1CCN1CCOCC1. The van der Waals surface area contributed by atoms with Crippen molar-refractivity contribution >= 4 is 27.7 Å². The lowest BCUT2D eigenvalue weighted by Gasteiger charge is -2.26. The first kappa shape index (κ1) is 21.8. The van der Waals surface area contributed by atoms with Crippen molar-refractivity contribution in [2.45, 2.75) is 20.0 Å². The molecule has 0 radical (unpaired) electrons. The number of benzene rings is 2. The number of hydrogen-bond donors (Lipinski definition) is 0. The second-order valence-electron chi connectivity index (χ2n) is 9.20. The zero-order valence-electron chi connectivity index (χ0n) is 20.0. The van der Waals surface area contributed by atoms with Crippen molar-refractivity contribution in [1.82, 2.24) is 28.0 Å². The molecule has 6 rings (SSSR count). The Bertz CT molecular complexity index is 1680. The van der Waals surface area contributed by atoms with Crippen LogP contribution in [0, 0.1) is 6.92 Å². The molecule has 1 aliphatic heterocycles. The van der Waals surface area contributed by atoms with Crippen molar-refractivity contribution in [2.75, 3.05) is 32.8 Å². The molecule has 0 bridgehead atoms. The number of aryl methyl sites for hydroxylation is 2. The molecule has 0 N–H and O–H groups in total. The molecule has 0 aliphatic carbocycles. The van der Waals surface area contributed by atoms with Crippen LogP contribution >= 0.6 is 0 Å². The van der Waals surface area contributed by atoms with E-state index in [0.29, 0.717) is 16.9 Å². The van der Waals surface area contributed by atoms with Gasteiger partial charge in [0.1, 0.15) is 0 Å². The maximum Gasteiger partial charge on any atom is 0.332 e. The molecule has 35 heavy (non-hydrogen) atoms. The molecule has 9 nitrogen and oxygen atoms in total. The fourth-order valence-electron chi connectivity index (χ4n) is 5.14. The fraction of sp³-hybridized carbons (Fsp3) is 0.346. The first-order chi connectivity index (χ1) is 17.0.